The van der Waals surface area contributed by atoms with Gasteiger partial charge in [0.1, 0.15) is 17.4 Å². The molecule has 0 saturated heterocycles. The number of rotatable bonds is 8. The van der Waals surface area contributed by atoms with Gasteiger partial charge in [-0.1, -0.05) is 6.92 Å². The molecule has 2 atom stereocenters. The molecular formula is C30H23NO10S. The van der Waals surface area contributed by atoms with Gasteiger partial charge < -0.3 is 14.8 Å². The molecule has 0 fully saturated rings. The van der Waals surface area contributed by atoms with Crippen molar-refractivity contribution in [3.8, 4) is 11.5 Å². The van der Waals surface area contributed by atoms with Crippen LogP contribution < -0.4 is 14.8 Å². The maximum Gasteiger partial charge on any atom is 0.243 e. The fourth-order valence-corrected chi connectivity index (χ4v) is 6.37. The largest absolute Gasteiger partial charge is 0.497 e. The van der Waals surface area contributed by atoms with Crippen LogP contribution in [-0.2, 0) is 19.4 Å². The Hall–Kier alpha value is -4.97. The summed E-state index contributed by atoms with van der Waals surface area (Å²) in [7, 11) is -1.53. The van der Waals surface area contributed by atoms with Crippen molar-refractivity contribution in [2.45, 2.75) is 23.1 Å². The van der Waals surface area contributed by atoms with Gasteiger partial charge in [-0.3, -0.25) is 28.8 Å². The van der Waals surface area contributed by atoms with E-state index >= 15 is 0 Å². The summed E-state index contributed by atoms with van der Waals surface area (Å²) in [6.07, 6.45) is -0.0319. The highest BCUT2D eigenvalue weighted by Gasteiger charge is 2.45. The minimum Gasteiger partial charge on any atom is -0.497 e. The molecule has 0 saturated carbocycles. The number of ether oxygens (including phenoxy) is 2. The highest BCUT2D eigenvalue weighted by Crippen LogP contribution is 2.35. The van der Waals surface area contributed by atoms with Crippen LogP contribution in [0.15, 0.2) is 64.4 Å². The van der Waals surface area contributed by atoms with E-state index in [2.05, 4.69) is 5.32 Å². The van der Waals surface area contributed by atoms with E-state index in [1.165, 1.54) is 39.3 Å². The first-order valence-corrected chi connectivity index (χ1v) is 14.2. The van der Waals surface area contributed by atoms with E-state index in [0.717, 1.165) is 30.3 Å². The molecule has 214 valence electrons. The number of ketones is 5. The monoisotopic (exact) mass is 589 g/mol. The van der Waals surface area contributed by atoms with Crippen LogP contribution in [-0.4, -0.2) is 57.5 Å². The van der Waals surface area contributed by atoms with E-state index in [1.807, 2.05) is 0 Å². The quantitative estimate of drug-likeness (QED) is 0.386. The summed E-state index contributed by atoms with van der Waals surface area (Å²) in [4.78, 5) is 76.2. The van der Waals surface area contributed by atoms with Crippen LogP contribution in [0, 0.1) is 11.8 Å². The lowest BCUT2D eigenvalue weighted by Gasteiger charge is -2.13. The molecule has 2 unspecified atom stereocenters. The number of carbonyl (C=O) groups excluding carboxylic acids is 6. The van der Waals surface area contributed by atoms with Crippen molar-refractivity contribution in [3.05, 3.63) is 76.9 Å². The number of methoxy groups -OCH3 is 2. The van der Waals surface area contributed by atoms with Gasteiger partial charge in [0.05, 0.1) is 29.7 Å². The minimum atomic E-state index is -4.35. The highest BCUT2D eigenvalue weighted by atomic mass is 32.2. The van der Waals surface area contributed by atoms with Crippen molar-refractivity contribution in [1.29, 1.82) is 0 Å². The number of anilines is 1. The Morgan fingerprint density at radius 2 is 1.24 bits per heavy atom. The molecule has 0 heterocycles. The SMILES string of the molecule is CCC(=O)C1C(=O)c2ccc(S(=O)(=O)c3ccc4c(c3)C(=O)C(C(=O)Nc3ccc(OC)cc3OC)C4=O)cc2C1=O. The number of benzene rings is 3. The number of hydrogen-bond donors (Lipinski definition) is 1. The van der Waals surface area contributed by atoms with Crippen molar-refractivity contribution in [1.82, 2.24) is 0 Å². The predicted octanol–water partition coefficient (Wildman–Crippen LogP) is 3.14. The van der Waals surface area contributed by atoms with Crippen molar-refractivity contribution in [2.24, 2.45) is 11.8 Å². The normalized spacial score (nSPS) is 17.6. The fraction of sp³-hybridized carbons (Fsp3) is 0.200. The molecule has 3 aromatic carbocycles. The molecule has 1 N–H and O–H groups in total. The standard InChI is InChI=1S/C30H23NO10S/c1-4-22(32)24-26(33)17-8-6-15(12-19(17)28(24)35)42(38,39)16-7-9-18-20(13-16)29(36)25(27(18)34)30(37)31-21-10-5-14(40-2)11-23(21)41-3/h5-13,24-25H,4H2,1-3H3,(H,31,37). The minimum absolute atomic E-state index is 0.0319. The number of sulfone groups is 1. The number of carbonyl (C=O) groups is 6. The Kier molecular flexibility index (Phi) is 7.11. The molecule has 0 radical (unpaired) electrons. The molecule has 12 heteroatoms. The third-order valence-corrected chi connectivity index (χ3v) is 9.06. The molecule has 0 bridgehead atoms. The van der Waals surface area contributed by atoms with E-state index in [4.69, 9.17) is 9.47 Å². The highest BCUT2D eigenvalue weighted by molar-refractivity contribution is 7.91. The Labute approximate surface area is 239 Å². The average molecular weight is 590 g/mol. The lowest BCUT2D eigenvalue weighted by Crippen LogP contribution is -2.31. The average Bonchev–Trinajstić information content (AvgIpc) is 3.40. The van der Waals surface area contributed by atoms with Gasteiger partial charge in [-0.15, -0.1) is 0 Å². The molecule has 2 aliphatic rings. The Bertz CT molecular complexity index is 1860. The van der Waals surface area contributed by atoms with E-state index < -0.39 is 56.5 Å². The van der Waals surface area contributed by atoms with Gasteiger partial charge in [0, 0.05) is 34.7 Å². The zero-order valence-electron chi connectivity index (χ0n) is 22.5. The van der Waals surface area contributed by atoms with Crippen molar-refractivity contribution in [3.63, 3.8) is 0 Å². The number of amides is 1. The number of nitrogens with one attached hydrogen (secondary N) is 1. The van der Waals surface area contributed by atoms with E-state index in [0.29, 0.717) is 5.75 Å². The molecular weight excluding hydrogens is 566 g/mol. The van der Waals surface area contributed by atoms with Gasteiger partial charge >= 0.3 is 0 Å². The predicted molar refractivity (Wildman–Crippen MR) is 146 cm³/mol. The van der Waals surface area contributed by atoms with E-state index in [-0.39, 0.29) is 49.9 Å². The molecule has 0 aromatic heterocycles. The lowest BCUT2D eigenvalue weighted by molar-refractivity contribution is -0.120. The first kappa shape index (κ1) is 28.6. The summed E-state index contributed by atoms with van der Waals surface area (Å²) in [5.74, 6) is -7.17. The lowest BCUT2D eigenvalue weighted by atomic mass is 9.97. The van der Waals surface area contributed by atoms with Crippen LogP contribution in [0.3, 0.4) is 0 Å². The molecule has 5 rings (SSSR count). The molecule has 42 heavy (non-hydrogen) atoms. The molecule has 0 aliphatic heterocycles. The van der Waals surface area contributed by atoms with Gasteiger partial charge in [-0.25, -0.2) is 8.42 Å². The third kappa shape index (κ3) is 4.40. The van der Waals surface area contributed by atoms with Crippen LogP contribution in [0.5, 0.6) is 11.5 Å². The van der Waals surface area contributed by atoms with E-state index in [1.54, 1.807) is 6.07 Å². The zero-order valence-corrected chi connectivity index (χ0v) is 23.4. The summed E-state index contributed by atoms with van der Waals surface area (Å²) in [5, 5.41) is 2.51. The maximum atomic E-state index is 13.5. The van der Waals surface area contributed by atoms with Crippen LogP contribution in [0.25, 0.3) is 0 Å². The van der Waals surface area contributed by atoms with Crippen LogP contribution in [0.2, 0.25) is 0 Å². The second-order valence-electron chi connectivity index (χ2n) is 9.62. The maximum absolute atomic E-state index is 13.5. The second-order valence-corrected chi connectivity index (χ2v) is 11.6. The van der Waals surface area contributed by atoms with Crippen molar-refractivity contribution >= 4 is 50.3 Å². The van der Waals surface area contributed by atoms with Gasteiger partial charge in [0.2, 0.25) is 15.7 Å². The summed E-state index contributed by atoms with van der Waals surface area (Å²) in [6.45, 7) is 1.52. The topological polar surface area (TPSA) is 167 Å². The Morgan fingerprint density at radius 1 is 0.714 bits per heavy atom. The van der Waals surface area contributed by atoms with Gasteiger partial charge in [0.25, 0.3) is 0 Å². The Morgan fingerprint density at radius 3 is 1.76 bits per heavy atom. The number of hydrogen-bond acceptors (Lipinski definition) is 10. The number of Topliss-reactive ketones (excluding diaryl/α,β-unsaturated/α-hetero) is 5. The van der Waals surface area contributed by atoms with Crippen molar-refractivity contribution in [2.75, 3.05) is 19.5 Å². The first-order valence-electron chi connectivity index (χ1n) is 12.7. The molecule has 3 aromatic rings. The number of fused-ring (bicyclic) bond motifs is 2. The van der Waals surface area contributed by atoms with Gasteiger partial charge in [-0.2, -0.15) is 0 Å². The smallest absolute Gasteiger partial charge is 0.243 e. The summed E-state index contributed by atoms with van der Waals surface area (Å²) in [6, 6.07) is 11.2. The van der Waals surface area contributed by atoms with Crippen LogP contribution in [0.4, 0.5) is 5.69 Å². The second kappa shape index (κ2) is 10.5. The molecule has 1 amide bonds. The third-order valence-electron chi connectivity index (χ3n) is 7.31. The molecule has 0 spiro atoms. The molecule has 11 nitrogen and oxygen atoms in total. The van der Waals surface area contributed by atoms with E-state index in [9.17, 15) is 37.2 Å². The fourth-order valence-electron chi connectivity index (χ4n) is 5.06. The van der Waals surface area contributed by atoms with Gasteiger partial charge in [0.15, 0.2) is 34.8 Å². The van der Waals surface area contributed by atoms with Crippen LogP contribution in [0.1, 0.15) is 54.8 Å². The zero-order chi connectivity index (χ0) is 30.5. The van der Waals surface area contributed by atoms with Gasteiger partial charge in [-0.05, 0) is 48.5 Å². The summed E-state index contributed by atoms with van der Waals surface area (Å²) < 4.78 is 37.4. The first-order chi connectivity index (χ1) is 19.9. The Balaban J connectivity index is 1.44. The van der Waals surface area contributed by atoms with Crippen LogP contribution >= 0.6 is 0 Å². The summed E-state index contributed by atoms with van der Waals surface area (Å²) >= 11 is 0. The summed E-state index contributed by atoms with van der Waals surface area (Å²) in [5.41, 5.74) is -0.384. The molecule has 2 aliphatic carbocycles. The van der Waals surface area contributed by atoms with Crippen molar-refractivity contribution < 1.29 is 46.7 Å².